The summed E-state index contributed by atoms with van der Waals surface area (Å²) in [7, 11) is 0. The van der Waals surface area contributed by atoms with Crippen molar-refractivity contribution in [2.45, 2.75) is 65.6 Å². The quantitative estimate of drug-likeness (QED) is 0.368. The first-order valence-electron chi connectivity index (χ1n) is 12.8. The summed E-state index contributed by atoms with van der Waals surface area (Å²) in [6.07, 6.45) is 2.17. The number of hydrogen-bond donors (Lipinski definition) is 1. The van der Waals surface area contributed by atoms with Crippen LogP contribution in [0.15, 0.2) is 78.9 Å². The lowest BCUT2D eigenvalue weighted by atomic mass is 10.0. The summed E-state index contributed by atoms with van der Waals surface area (Å²) in [6.45, 7) is 8.32. The van der Waals surface area contributed by atoms with Gasteiger partial charge in [0, 0.05) is 19.0 Å². The normalized spacial score (nSPS) is 12.4. The van der Waals surface area contributed by atoms with Crippen LogP contribution < -0.4 is 10.1 Å². The molecule has 3 rings (SSSR count). The van der Waals surface area contributed by atoms with Crippen LogP contribution in [0.4, 0.5) is 0 Å². The number of rotatable bonds is 12. The summed E-state index contributed by atoms with van der Waals surface area (Å²) in [5.74, 6) is 0.264. The molecule has 0 saturated carbocycles. The van der Waals surface area contributed by atoms with E-state index in [1.165, 1.54) is 5.56 Å². The average Bonchev–Trinajstić information content (AvgIpc) is 2.91. The fourth-order valence-electron chi connectivity index (χ4n) is 4.02. The Morgan fingerprint density at radius 2 is 1.56 bits per heavy atom. The van der Waals surface area contributed by atoms with E-state index in [9.17, 15) is 9.59 Å². The van der Waals surface area contributed by atoms with Crippen molar-refractivity contribution in [2.75, 3.05) is 6.61 Å². The summed E-state index contributed by atoms with van der Waals surface area (Å²) in [5, 5.41) is 3.10. The summed E-state index contributed by atoms with van der Waals surface area (Å²) < 4.78 is 5.88. The van der Waals surface area contributed by atoms with Gasteiger partial charge < -0.3 is 15.0 Å². The molecule has 0 fully saturated rings. The van der Waals surface area contributed by atoms with Gasteiger partial charge in [0.25, 0.3) is 5.91 Å². The van der Waals surface area contributed by atoms with E-state index in [0.29, 0.717) is 18.7 Å². The van der Waals surface area contributed by atoms with Crippen LogP contribution in [0.2, 0.25) is 0 Å². The Labute approximate surface area is 215 Å². The number of benzene rings is 3. The third kappa shape index (κ3) is 7.70. The molecule has 0 spiro atoms. The molecule has 0 bridgehead atoms. The second-order valence-corrected chi connectivity index (χ2v) is 9.26. The fourth-order valence-corrected chi connectivity index (χ4v) is 4.02. The minimum Gasteiger partial charge on any atom is -0.484 e. The number of nitrogens with one attached hydrogen (secondary N) is 1. The largest absolute Gasteiger partial charge is 0.484 e. The number of aryl methyl sites for hydroxylation is 2. The van der Waals surface area contributed by atoms with Gasteiger partial charge in [0.2, 0.25) is 5.91 Å². The number of nitrogens with zero attached hydrogens (tertiary/aromatic N) is 1. The maximum atomic E-state index is 13.7. The summed E-state index contributed by atoms with van der Waals surface area (Å²) in [6, 6.07) is 24.9. The van der Waals surface area contributed by atoms with Gasteiger partial charge in [0.1, 0.15) is 11.8 Å². The van der Waals surface area contributed by atoms with Crippen LogP contribution in [-0.4, -0.2) is 35.4 Å². The molecule has 190 valence electrons. The molecule has 0 aliphatic carbocycles. The van der Waals surface area contributed by atoms with E-state index in [1.807, 2.05) is 99.6 Å². The smallest absolute Gasteiger partial charge is 0.261 e. The van der Waals surface area contributed by atoms with Gasteiger partial charge in [-0.2, -0.15) is 0 Å². The van der Waals surface area contributed by atoms with Crippen LogP contribution in [0.25, 0.3) is 0 Å². The van der Waals surface area contributed by atoms with Gasteiger partial charge in [-0.15, -0.1) is 0 Å². The summed E-state index contributed by atoms with van der Waals surface area (Å²) in [4.78, 5) is 28.9. The molecule has 5 heteroatoms. The van der Waals surface area contributed by atoms with E-state index in [4.69, 9.17) is 4.74 Å². The number of hydrogen-bond acceptors (Lipinski definition) is 3. The van der Waals surface area contributed by atoms with Crippen LogP contribution in [0.5, 0.6) is 5.75 Å². The van der Waals surface area contributed by atoms with E-state index in [1.54, 1.807) is 4.90 Å². The Bertz CT molecular complexity index is 1110. The van der Waals surface area contributed by atoms with Crippen molar-refractivity contribution >= 4 is 11.8 Å². The summed E-state index contributed by atoms with van der Waals surface area (Å²) in [5.41, 5.74) is 4.29. The van der Waals surface area contributed by atoms with Crippen molar-refractivity contribution in [2.24, 2.45) is 0 Å². The van der Waals surface area contributed by atoms with E-state index < -0.39 is 6.04 Å². The van der Waals surface area contributed by atoms with Crippen molar-refractivity contribution in [1.82, 2.24) is 10.2 Å². The van der Waals surface area contributed by atoms with E-state index in [0.717, 1.165) is 29.5 Å². The molecule has 0 unspecified atom stereocenters. The molecule has 0 radical (unpaired) electrons. The van der Waals surface area contributed by atoms with Crippen molar-refractivity contribution < 1.29 is 14.3 Å². The molecule has 2 amide bonds. The Kier molecular flexibility index (Phi) is 10.1. The van der Waals surface area contributed by atoms with Gasteiger partial charge in [0.15, 0.2) is 6.61 Å². The monoisotopic (exact) mass is 486 g/mol. The topological polar surface area (TPSA) is 58.6 Å². The molecule has 3 aromatic rings. The van der Waals surface area contributed by atoms with E-state index in [2.05, 4.69) is 12.2 Å². The molecule has 5 nitrogen and oxygen atoms in total. The highest BCUT2D eigenvalue weighted by Gasteiger charge is 2.31. The van der Waals surface area contributed by atoms with E-state index >= 15 is 0 Å². The Balaban J connectivity index is 1.90. The molecule has 2 atom stereocenters. The van der Waals surface area contributed by atoms with Crippen molar-refractivity contribution in [1.29, 1.82) is 0 Å². The van der Waals surface area contributed by atoms with Crippen LogP contribution in [0.3, 0.4) is 0 Å². The number of amides is 2. The predicted octanol–water partition coefficient (Wildman–Crippen LogP) is 5.49. The molecule has 0 heterocycles. The third-order valence-corrected chi connectivity index (χ3v) is 6.57. The Hall–Kier alpha value is -3.60. The predicted molar refractivity (Wildman–Crippen MR) is 145 cm³/mol. The molecule has 0 aliphatic rings. The zero-order chi connectivity index (χ0) is 25.9. The zero-order valence-corrected chi connectivity index (χ0v) is 21.9. The highest BCUT2D eigenvalue weighted by Crippen LogP contribution is 2.19. The van der Waals surface area contributed by atoms with Gasteiger partial charge in [0.05, 0.1) is 0 Å². The molecular formula is C31H38N2O3. The highest BCUT2D eigenvalue weighted by molar-refractivity contribution is 5.88. The number of carbonyl (C=O) groups is 2. The van der Waals surface area contributed by atoms with Crippen molar-refractivity contribution in [3.05, 3.63) is 101 Å². The lowest BCUT2D eigenvalue weighted by molar-refractivity contribution is -0.143. The van der Waals surface area contributed by atoms with Crippen LogP contribution in [-0.2, 0) is 29.0 Å². The third-order valence-electron chi connectivity index (χ3n) is 6.57. The van der Waals surface area contributed by atoms with Crippen LogP contribution in [0, 0.1) is 6.92 Å². The molecule has 0 saturated heterocycles. The zero-order valence-electron chi connectivity index (χ0n) is 21.9. The lowest BCUT2D eigenvalue weighted by Gasteiger charge is -2.32. The number of ether oxygens (including phenoxy) is 1. The maximum absolute atomic E-state index is 13.7. The van der Waals surface area contributed by atoms with Gasteiger partial charge in [-0.25, -0.2) is 0 Å². The molecule has 3 aromatic carbocycles. The summed E-state index contributed by atoms with van der Waals surface area (Å²) >= 11 is 0. The first-order chi connectivity index (χ1) is 17.4. The van der Waals surface area contributed by atoms with Gasteiger partial charge in [-0.3, -0.25) is 9.59 Å². The fraction of sp³-hybridized carbons (Fsp3) is 0.355. The molecule has 0 aromatic heterocycles. The van der Waals surface area contributed by atoms with Gasteiger partial charge >= 0.3 is 0 Å². The lowest BCUT2D eigenvalue weighted by Crippen LogP contribution is -2.53. The standard InChI is InChI=1S/C31H38N2O3/c1-5-24(4)32-31(35)29(20-26-13-8-7-9-14-26)33(21-27-15-11-10-12-23(27)3)30(34)22-36-28-18-16-25(6-2)17-19-28/h7-19,24,29H,5-6,20-22H2,1-4H3,(H,32,35)/t24-,29+/m0/s1. The SMILES string of the molecule is CCc1ccc(OCC(=O)N(Cc2ccccc2C)[C@H](Cc2ccccc2)C(=O)N[C@@H](C)CC)cc1. The molecular weight excluding hydrogens is 448 g/mol. The van der Waals surface area contributed by atoms with Gasteiger partial charge in [-0.05, 0) is 61.1 Å². The highest BCUT2D eigenvalue weighted by atomic mass is 16.5. The molecule has 0 aliphatic heterocycles. The van der Waals surface area contributed by atoms with Crippen LogP contribution >= 0.6 is 0 Å². The molecule has 36 heavy (non-hydrogen) atoms. The second-order valence-electron chi connectivity index (χ2n) is 9.26. The number of carbonyl (C=O) groups excluding carboxylic acids is 2. The minimum atomic E-state index is -0.667. The Morgan fingerprint density at radius 3 is 2.19 bits per heavy atom. The maximum Gasteiger partial charge on any atom is 0.261 e. The van der Waals surface area contributed by atoms with E-state index in [-0.39, 0.29) is 24.5 Å². The van der Waals surface area contributed by atoms with Crippen molar-refractivity contribution in [3.63, 3.8) is 0 Å². The molecule has 1 N–H and O–H groups in total. The average molecular weight is 487 g/mol. The minimum absolute atomic E-state index is 0.0134. The first-order valence-corrected chi connectivity index (χ1v) is 12.8. The van der Waals surface area contributed by atoms with Crippen molar-refractivity contribution in [3.8, 4) is 5.75 Å². The Morgan fingerprint density at radius 1 is 0.889 bits per heavy atom. The first kappa shape index (κ1) is 27.0. The van der Waals surface area contributed by atoms with Gasteiger partial charge in [-0.1, -0.05) is 80.6 Å². The second kappa shape index (κ2) is 13.5. The van der Waals surface area contributed by atoms with Crippen LogP contribution in [0.1, 0.15) is 49.4 Å².